The topological polar surface area (TPSA) is 61.8 Å². The number of hydrogen-bond donors (Lipinski definition) is 0. The van der Waals surface area contributed by atoms with Crippen LogP contribution in [0.4, 0.5) is 0 Å². The Balaban J connectivity index is 1.39. The molecule has 214 valence electrons. The van der Waals surface area contributed by atoms with Crippen LogP contribution in [0, 0.1) is 0 Å². The summed E-state index contributed by atoms with van der Waals surface area (Å²) in [7, 11) is 0. The number of esters is 2. The summed E-state index contributed by atoms with van der Waals surface area (Å²) < 4.78 is 20.4. The lowest BCUT2D eigenvalue weighted by molar-refractivity contribution is -0.956. The first-order chi connectivity index (χ1) is 20.0. The Hall–Kier alpha value is -3.48. The number of piperidine rings is 1. The molecule has 1 spiro atoms. The van der Waals surface area contributed by atoms with Gasteiger partial charge in [-0.15, -0.1) is 0 Å². The molecule has 3 saturated heterocycles. The maximum atomic E-state index is 14.7. The lowest BCUT2D eigenvalue weighted by Crippen LogP contribution is -2.60. The van der Waals surface area contributed by atoms with Crippen LogP contribution in [-0.2, 0) is 29.4 Å². The quantitative estimate of drug-likeness (QED) is 0.173. The lowest BCUT2D eigenvalue weighted by Gasteiger charge is -2.47. The van der Waals surface area contributed by atoms with Gasteiger partial charge in [0.15, 0.2) is 0 Å². The summed E-state index contributed by atoms with van der Waals surface area (Å²) in [5, 5.41) is 0. The molecule has 3 aliphatic heterocycles. The van der Waals surface area contributed by atoms with Crippen molar-refractivity contribution in [1.82, 2.24) is 0 Å². The second-order valence-corrected chi connectivity index (χ2v) is 11.8. The summed E-state index contributed by atoms with van der Waals surface area (Å²) in [5.74, 6) is -0.881. The Kier molecular flexibility index (Phi) is 7.96. The molecule has 0 radical (unpaired) electrons. The summed E-state index contributed by atoms with van der Waals surface area (Å²) in [6, 6.07) is 29.3. The molecule has 0 aliphatic carbocycles. The molecule has 3 atom stereocenters. The number of quaternary nitrogens is 1. The predicted octanol–water partition coefficient (Wildman–Crippen LogP) is 6.45. The van der Waals surface area contributed by atoms with Crippen molar-refractivity contribution in [2.24, 2.45) is 0 Å². The second kappa shape index (κ2) is 11.8. The molecule has 6 rings (SSSR count). The number of rotatable bonds is 9. The summed E-state index contributed by atoms with van der Waals surface area (Å²) in [6.07, 6.45) is 5.68. The van der Waals surface area contributed by atoms with Crippen molar-refractivity contribution in [3.05, 3.63) is 108 Å². The molecule has 3 unspecified atom stereocenters. The van der Waals surface area contributed by atoms with Crippen molar-refractivity contribution < 1.29 is 28.3 Å². The molecule has 3 aliphatic rings. The highest BCUT2D eigenvalue weighted by molar-refractivity contribution is 5.86. The van der Waals surface area contributed by atoms with E-state index < -0.39 is 23.8 Å². The van der Waals surface area contributed by atoms with Gasteiger partial charge >= 0.3 is 11.9 Å². The molecule has 3 aromatic rings. The monoisotopic (exact) mass is 554 g/mol. The second-order valence-electron chi connectivity index (χ2n) is 11.8. The van der Waals surface area contributed by atoms with Crippen molar-refractivity contribution in [3.8, 4) is 0 Å². The summed E-state index contributed by atoms with van der Waals surface area (Å²) in [6.45, 7) is 4.27. The maximum Gasteiger partial charge on any atom is 0.348 e. The van der Waals surface area contributed by atoms with Crippen LogP contribution in [0.5, 0.6) is 0 Å². The molecule has 2 bridgehead atoms. The number of carbonyl (C=O) groups excluding carboxylic acids is 2. The van der Waals surface area contributed by atoms with Crippen LogP contribution in [0.1, 0.15) is 74.8 Å². The van der Waals surface area contributed by atoms with Crippen LogP contribution >= 0.6 is 0 Å². The predicted molar refractivity (Wildman–Crippen MR) is 155 cm³/mol. The minimum Gasteiger partial charge on any atom is -0.459 e. The maximum absolute atomic E-state index is 14.7. The first-order valence-electron chi connectivity index (χ1n) is 15.2. The van der Waals surface area contributed by atoms with Crippen LogP contribution in [0.15, 0.2) is 91.0 Å². The number of benzene rings is 3. The number of carbonyl (C=O) groups is 2. The van der Waals surface area contributed by atoms with Crippen LogP contribution < -0.4 is 0 Å². The summed E-state index contributed by atoms with van der Waals surface area (Å²) in [4.78, 5) is 27.3. The van der Waals surface area contributed by atoms with Gasteiger partial charge in [0.05, 0.1) is 25.2 Å². The van der Waals surface area contributed by atoms with E-state index >= 15 is 0 Å². The average molecular weight is 555 g/mol. The number of hydrogen-bond acceptors (Lipinski definition) is 5. The fourth-order valence-electron chi connectivity index (χ4n) is 7.61. The third kappa shape index (κ3) is 5.20. The zero-order chi connectivity index (χ0) is 28.3. The molecule has 6 nitrogen and oxygen atoms in total. The van der Waals surface area contributed by atoms with Crippen LogP contribution in [-0.4, -0.2) is 47.7 Å². The van der Waals surface area contributed by atoms with Gasteiger partial charge in [-0.2, -0.15) is 0 Å². The molecule has 6 heteroatoms. The van der Waals surface area contributed by atoms with Crippen LogP contribution in [0.2, 0.25) is 0 Å². The third-order valence-electron chi connectivity index (χ3n) is 9.56. The van der Waals surface area contributed by atoms with E-state index in [-0.39, 0.29) is 12.5 Å². The van der Waals surface area contributed by atoms with E-state index in [1.165, 1.54) is 43.3 Å². The van der Waals surface area contributed by atoms with Gasteiger partial charge in [0, 0.05) is 50.5 Å². The van der Waals surface area contributed by atoms with E-state index in [1.807, 2.05) is 91.0 Å². The van der Waals surface area contributed by atoms with E-state index in [0.717, 1.165) is 12.8 Å². The Morgan fingerprint density at radius 2 is 1.32 bits per heavy atom. The Labute approximate surface area is 242 Å². The first kappa shape index (κ1) is 27.7. The van der Waals surface area contributed by atoms with Crippen LogP contribution in [0.25, 0.3) is 0 Å². The normalized spacial score (nSPS) is 23.7. The number of ether oxygens (including phenoxy) is 3. The van der Waals surface area contributed by atoms with Gasteiger partial charge in [-0.25, -0.2) is 4.79 Å². The molecule has 0 aromatic heterocycles. The minimum atomic E-state index is -1.65. The molecule has 41 heavy (non-hydrogen) atoms. The third-order valence-corrected chi connectivity index (χ3v) is 9.56. The standard InChI is InChI=1S/C35H40NO5/c1-2-32(37)40-33(26-14-6-3-7-15-26)41-35(27-16-8-4-9-17-27,28-18-10-5-11-19-28)34(38)39-31-24-29-20-21-30(25-31)36(29)22-12-13-23-36/h3-11,14-19,29-31,33H,2,12-13,20-25H2,1H3/q+1. The lowest BCUT2D eigenvalue weighted by atomic mass is 9.85. The van der Waals surface area contributed by atoms with E-state index in [0.29, 0.717) is 28.8 Å². The van der Waals surface area contributed by atoms with E-state index in [4.69, 9.17) is 14.2 Å². The highest BCUT2D eigenvalue weighted by Gasteiger charge is 2.57. The Morgan fingerprint density at radius 1 is 0.805 bits per heavy atom. The highest BCUT2D eigenvalue weighted by atomic mass is 16.7. The first-order valence-corrected chi connectivity index (χ1v) is 15.2. The van der Waals surface area contributed by atoms with Gasteiger partial charge < -0.3 is 18.7 Å². The van der Waals surface area contributed by atoms with Crippen molar-refractivity contribution in [1.29, 1.82) is 0 Å². The molecular weight excluding hydrogens is 514 g/mol. The van der Waals surface area contributed by atoms with E-state index in [9.17, 15) is 9.59 Å². The molecule has 0 N–H and O–H groups in total. The number of nitrogens with zero attached hydrogens (tertiary/aromatic N) is 1. The molecule has 3 fully saturated rings. The van der Waals surface area contributed by atoms with Crippen LogP contribution in [0.3, 0.4) is 0 Å². The average Bonchev–Trinajstić information content (AvgIpc) is 3.57. The fraction of sp³-hybridized carbons (Fsp3) is 0.429. The Bertz CT molecular complexity index is 1270. The van der Waals surface area contributed by atoms with Gasteiger partial charge in [0.1, 0.15) is 6.10 Å². The van der Waals surface area contributed by atoms with Crippen molar-refractivity contribution in [2.75, 3.05) is 13.1 Å². The largest absolute Gasteiger partial charge is 0.459 e. The zero-order valence-corrected chi connectivity index (χ0v) is 23.8. The fourth-order valence-corrected chi connectivity index (χ4v) is 7.61. The summed E-state index contributed by atoms with van der Waals surface area (Å²) in [5.41, 5.74) is 0.264. The van der Waals surface area contributed by atoms with Gasteiger partial charge in [-0.1, -0.05) is 97.9 Å². The summed E-state index contributed by atoms with van der Waals surface area (Å²) >= 11 is 0. The molecule has 3 heterocycles. The van der Waals surface area contributed by atoms with E-state index in [2.05, 4.69) is 0 Å². The molecule has 0 saturated carbocycles. The van der Waals surface area contributed by atoms with E-state index in [1.54, 1.807) is 6.92 Å². The van der Waals surface area contributed by atoms with Crippen molar-refractivity contribution >= 4 is 11.9 Å². The molecule has 3 aromatic carbocycles. The SMILES string of the molecule is CCC(=O)OC(OC(C(=O)OC1CC2CCC(C1)[N+]21CCCC1)(c1ccccc1)c1ccccc1)c1ccccc1. The van der Waals surface area contributed by atoms with Crippen molar-refractivity contribution in [3.63, 3.8) is 0 Å². The van der Waals surface area contributed by atoms with Gasteiger partial charge in [0.2, 0.25) is 11.9 Å². The zero-order valence-electron chi connectivity index (χ0n) is 23.8. The molecular formula is C35H40NO5+. The minimum absolute atomic E-state index is 0.173. The van der Waals surface area contributed by atoms with Crippen molar-refractivity contribution in [2.45, 2.75) is 81.9 Å². The highest BCUT2D eigenvalue weighted by Crippen LogP contribution is 2.47. The molecule has 0 amide bonds. The Morgan fingerprint density at radius 3 is 1.83 bits per heavy atom. The van der Waals surface area contributed by atoms with Gasteiger partial charge in [-0.3, -0.25) is 4.79 Å². The van der Waals surface area contributed by atoms with Gasteiger partial charge in [0.25, 0.3) is 0 Å². The van der Waals surface area contributed by atoms with Gasteiger partial charge in [-0.05, 0) is 11.1 Å². The smallest absolute Gasteiger partial charge is 0.348 e.